The number of amides is 2. The Balaban J connectivity index is 2.04. The van der Waals surface area contributed by atoms with E-state index in [9.17, 15) is 17.6 Å². The molecule has 1 atom stereocenters. The van der Waals surface area contributed by atoms with Crippen LogP contribution in [0, 0.1) is 11.7 Å². The number of allylic oxidation sites excluding steroid dienone is 1. The highest BCUT2D eigenvalue weighted by molar-refractivity contribution is 7.89. The van der Waals surface area contributed by atoms with Crippen molar-refractivity contribution in [1.29, 1.82) is 0 Å². The first kappa shape index (κ1) is 17.7. The molecule has 0 radical (unpaired) electrons. The zero-order chi connectivity index (χ0) is 18.2. The van der Waals surface area contributed by atoms with Crippen molar-refractivity contribution in [2.24, 2.45) is 5.92 Å². The van der Waals surface area contributed by atoms with Gasteiger partial charge in [-0.15, -0.1) is 0 Å². The number of carbonyl (C=O) groups is 1. The second kappa shape index (κ2) is 6.64. The van der Waals surface area contributed by atoms with Crippen LogP contribution in [0.1, 0.15) is 31.5 Å². The van der Waals surface area contributed by atoms with E-state index in [2.05, 4.69) is 15.4 Å². The lowest BCUT2D eigenvalue weighted by Crippen LogP contribution is -2.39. The van der Waals surface area contributed by atoms with Crippen LogP contribution in [0.25, 0.3) is 0 Å². The standard InChI is InChI=1S/C16H21FN4O3S/c1-3-19-25(23,24)14-8-11(17)6-7-12(14)15-20-13(10-4-5-10)9-21(15)16(22)18-2/h6-10,15,19-20H,3-5H2,1-2H3,(H,18,22). The highest BCUT2D eigenvalue weighted by Gasteiger charge is 2.38. The van der Waals surface area contributed by atoms with Crippen molar-refractivity contribution in [3.8, 4) is 0 Å². The van der Waals surface area contributed by atoms with Crippen molar-refractivity contribution in [1.82, 2.24) is 20.3 Å². The SMILES string of the molecule is CCNS(=O)(=O)c1cc(F)ccc1C1NC(C2CC2)=CN1C(=O)NC. The largest absolute Gasteiger partial charge is 0.363 e. The Morgan fingerprint density at radius 3 is 2.72 bits per heavy atom. The summed E-state index contributed by atoms with van der Waals surface area (Å²) in [6, 6.07) is 3.20. The molecule has 0 aromatic heterocycles. The molecule has 0 saturated heterocycles. The van der Waals surface area contributed by atoms with Gasteiger partial charge < -0.3 is 10.6 Å². The van der Waals surface area contributed by atoms with E-state index < -0.39 is 22.0 Å². The molecule has 1 aliphatic heterocycles. The van der Waals surface area contributed by atoms with Gasteiger partial charge >= 0.3 is 6.03 Å². The van der Waals surface area contributed by atoms with Crippen LogP contribution in [0.3, 0.4) is 0 Å². The summed E-state index contributed by atoms with van der Waals surface area (Å²) in [5, 5.41) is 5.76. The topological polar surface area (TPSA) is 90.5 Å². The fraction of sp³-hybridized carbons (Fsp3) is 0.438. The van der Waals surface area contributed by atoms with Gasteiger partial charge in [-0.3, -0.25) is 4.90 Å². The lowest BCUT2D eigenvalue weighted by molar-refractivity contribution is 0.202. The summed E-state index contributed by atoms with van der Waals surface area (Å²) in [6.45, 7) is 1.83. The number of nitrogens with zero attached hydrogens (tertiary/aromatic N) is 1. The summed E-state index contributed by atoms with van der Waals surface area (Å²) in [6.07, 6.45) is 3.05. The molecule has 9 heteroatoms. The summed E-state index contributed by atoms with van der Waals surface area (Å²) >= 11 is 0. The number of carbonyl (C=O) groups excluding carboxylic acids is 1. The maximum Gasteiger partial charge on any atom is 0.323 e. The molecule has 3 N–H and O–H groups in total. The number of urea groups is 1. The smallest absolute Gasteiger partial charge is 0.323 e. The molecule has 1 fully saturated rings. The van der Waals surface area contributed by atoms with Crippen molar-refractivity contribution in [2.45, 2.75) is 30.8 Å². The number of hydrogen-bond acceptors (Lipinski definition) is 4. The molecule has 1 aromatic rings. The molecule has 1 saturated carbocycles. The Morgan fingerprint density at radius 2 is 2.12 bits per heavy atom. The number of rotatable bonds is 5. The maximum absolute atomic E-state index is 13.7. The van der Waals surface area contributed by atoms with Gasteiger partial charge in [0.25, 0.3) is 0 Å². The summed E-state index contributed by atoms with van der Waals surface area (Å²) in [4.78, 5) is 13.5. The molecule has 3 rings (SSSR count). The van der Waals surface area contributed by atoms with Crippen LogP contribution in [0.5, 0.6) is 0 Å². The Hall–Kier alpha value is -2.13. The van der Waals surface area contributed by atoms with Gasteiger partial charge in [-0.25, -0.2) is 22.3 Å². The minimum absolute atomic E-state index is 0.175. The van der Waals surface area contributed by atoms with Crippen LogP contribution >= 0.6 is 0 Å². The number of nitrogens with one attached hydrogen (secondary N) is 3. The lowest BCUT2D eigenvalue weighted by atomic mass is 10.1. The molecule has 136 valence electrons. The molecule has 2 aliphatic rings. The van der Waals surface area contributed by atoms with Crippen molar-refractivity contribution >= 4 is 16.1 Å². The third-order valence-electron chi connectivity index (χ3n) is 4.22. The van der Waals surface area contributed by atoms with Gasteiger partial charge in [0, 0.05) is 37.0 Å². The second-order valence-corrected chi connectivity index (χ2v) is 7.79. The van der Waals surface area contributed by atoms with Gasteiger partial charge in [0.1, 0.15) is 12.0 Å². The molecule has 1 aromatic carbocycles. The van der Waals surface area contributed by atoms with Crippen molar-refractivity contribution in [3.63, 3.8) is 0 Å². The van der Waals surface area contributed by atoms with Crippen molar-refractivity contribution in [3.05, 3.63) is 41.5 Å². The van der Waals surface area contributed by atoms with E-state index in [1.807, 2.05) is 0 Å². The minimum Gasteiger partial charge on any atom is -0.363 e. The van der Waals surface area contributed by atoms with Gasteiger partial charge in [0.2, 0.25) is 10.0 Å². The normalized spacial score (nSPS) is 20.2. The quantitative estimate of drug-likeness (QED) is 0.737. The Kier molecular flexibility index (Phi) is 4.70. The van der Waals surface area contributed by atoms with E-state index in [-0.39, 0.29) is 17.5 Å². The van der Waals surface area contributed by atoms with Gasteiger partial charge in [-0.2, -0.15) is 0 Å². The molecular weight excluding hydrogens is 347 g/mol. The van der Waals surface area contributed by atoms with Gasteiger partial charge in [0.15, 0.2) is 0 Å². The first-order chi connectivity index (χ1) is 11.9. The molecule has 7 nitrogen and oxygen atoms in total. The first-order valence-corrected chi connectivity index (χ1v) is 9.63. The average Bonchev–Trinajstić information content (AvgIpc) is 3.33. The number of benzene rings is 1. The molecule has 0 spiro atoms. The van der Waals surface area contributed by atoms with Gasteiger partial charge in [-0.1, -0.05) is 13.0 Å². The summed E-state index contributed by atoms with van der Waals surface area (Å²) in [5.41, 5.74) is 1.21. The monoisotopic (exact) mass is 368 g/mol. The average molecular weight is 368 g/mol. The predicted octanol–water partition coefficient (Wildman–Crippen LogP) is 1.62. The minimum atomic E-state index is -3.89. The molecule has 25 heavy (non-hydrogen) atoms. The van der Waals surface area contributed by atoms with E-state index in [1.165, 1.54) is 24.1 Å². The van der Waals surface area contributed by atoms with Crippen LogP contribution in [0.4, 0.5) is 9.18 Å². The van der Waals surface area contributed by atoms with Crippen LogP contribution in [0.15, 0.2) is 35.0 Å². The Morgan fingerprint density at radius 1 is 1.40 bits per heavy atom. The first-order valence-electron chi connectivity index (χ1n) is 8.14. The van der Waals surface area contributed by atoms with E-state index in [0.29, 0.717) is 11.5 Å². The number of halogens is 1. The van der Waals surface area contributed by atoms with E-state index >= 15 is 0 Å². The molecule has 1 heterocycles. The molecule has 2 amide bonds. The number of hydrogen-bond donors (Lipinski definition) is 3. The Bertz CT molecular complexity index is 821. The van der Waals surface area contributed by atoms with Crippen LogP contribution in [-0.4, -0.2) is 32.9 Å². The fourth-order valence-electron chi connectivity index (χ4n) is 2.87. The van der Waals surface area contributed by atoms with Crippen molar-refractivity contribution in [2.75, 3.05) is 13.6 Å². The summed E-state index contributed by atoms with van der Waals surface area (Å²) in [7, 11) is -2.39. The van der Waals surface area contributed by atoms with E-state index in [4.69, 9.17) is 0 Å². The second-order valence-electron chi connectivity index (χ2n) is 6.05. The molecular formula is C16H21FN4O3S. The highest BCUT2D eigenvalue weighted by Crippen LogP contribution is 2.41. The van der Waals surface area contributed by atoms with E-state index in [1.54, 1.807) is 13.1 Å². The number of sulfonamides is 1. The van der Waals surface area contributed by atoms with Gasteiger partial charge in [0.05, 0.1) is 4.90 Å². The third-order valence-corrected chi connectivity index (χ3v) is 5.82. The summed E-state index contributed by atoms with van der Waals surface area (Å²) in [5.74, 6) is -0.300. The van der Waals surface area contributed by atoms with Gasteiger partial charge in [-0.05, 0) is 25.0 Å². The van der Waals surface area contributed by atoms with Crippen LogP contribution < -0.4 is 15.4 Å². The molecule has 0 bridgehead atoms. The Labute approximate surface area is 146 Å². The highest BCUT2D eigenvalue weighted by atomic mass is 32.2. The lowest BCUT2D eigenvalue weighted by Gasteiger charge is -2.26. The van der Waals surface area contributed by atoms with Crippen LogP contribution in [0.2, 0.25) is 0 Å². The van der Waals surface area contributed by atoms with E-state index in [0.717, 1.165) is 24.6 Å². The summed E-state index contributed by atoms with van der Waals surface area (Å²) < 4.78 is 41.1. The van der Waals surface area contributed by atoms with Crippen molar-refractivity contribution < 1.29 is 17.6 Å². The zero-order valence-corrected chi connectivity index (χ0v) is 14.9. The predicted molar refractivity (Wildman–Crippen MR) is 90.2 cm³/mol. The molecule has 1 unspecified atom stereocenters. The zero-order valence-electron chi connectivity index (χ0n) is 14.0. The maximum atomic E-state index is 13.7. The fourth-order valence-corrected chi connectivity index (χ4v) is 4.17. The van der Waals surface area contributed by atoms with Crippen LogP contribution in [-0.2, 0) is 10.0 Å². The third kappa shape index (κ3) is 3.47. The molecule has 1 aliphatic carbocycles.